The van der Waals surface area contributed by atoms with Crippen molar-refractivity contribution in [1.29, 1.82) is 0 Å². The first-order valence-corrected chi connectivity index (χ1v) is 9.76. The first-order valence-electron chi connectivity index (χ1n) is 9.76. The van der Waals surface area contributed by atoms with E-state index < -0.39 is 11.9 Å². The minimum absolute atomic E-state index is 0.0476. The minimum Gasteiger partial charge on any atom is -0.496 e. The SMILES string of the molecule is COc1cc2c(c3c1C(=O)N([C@H]1CCC(=O)NC1=O)C3)OCC21CCNCC1. The molecule has 4 aliphatic heterocycles. The van der Waals surface area contributed by atoms with Crippen molar-refractivity contribution in [2.45, 2.75) is 43.7 Å². The average Bonchev–Trinajstić information content (AvgIpc) is 3.21. The van der Waals surface area contributed by atoms with Gasteiger partial charge < -0.3 is 19.7 Å². The van der Waals surface area contributed by atoms with Crippen LogP contribution in [-0.4, -0.2) is 55.5 Å². The predicted molar refractivity (Wildman–Crippen MR) is 98.3 cm³/mol. The number of ether oxygens (including phenoxy) is 2. The Hall–Kier alpha value is -2.61. The summed E-state index contributed by atoms with van der Waals surface area (Å²) >= 11 is 0. The second-order valence-electron chi connectivity index (χ2n) is 8.03. The molecule has 8 heteroatoms. The Kier molecular flexibility index (Phi) is 3.87. The van der Waals surface area contributed by atoms with Crippen molar-refractivity contribution in [2.24, 2.45) is 0 Å². The molecule has 1 spiro atoms. The minimum atomic E-state index is -0.646. The van der Waals surface area contributed by atoms with Crippen LogP contribution in [0.25, 0.3) is 0 Å². The van der Waals surface area contributed by atoms with Crippen LogP contribution >= 0.6 is 0 Å². The molecule has 0 aromatic heterocycles. The van der Waals surface area contributed by atoms with E-state index in [1.165, 1.54) is 0 Å². The van der Waals surface area contributed by atoms with Crippen LogP contribution in [-0.2, 0) is 21.5 Å². The quantitative estimate of drug-likeness (QED) is 0.719. The second kappa shape index (κ2) is 6.20. The number of hydrogen-bond acceptors (Lipinski definition) is 6. The molecule has 8 nitrogen and oxygen atoms in total. The van der Waals surface area contributed by atoms with E-state index in [9.17, 15) is 14.4 Å². The van der Waals surface area contributed by atoms with Gasteiger partial charge in [0.25, 0.3) is 5.91 Å². The summed E-state index contributed by atoms with van der Waals surface area (Å²) in [5.74, 6) is 0.376. The zero-order valence-corrected chi connectivity index (χ0v) is 15.8. The predicted octanol–water partition coefficient (Wildman–Crippen LogP) is 0.470. The van der Waals surface area contributed by atoms with E-state index in [1.54, 1.807) is 12.0 Å². The van der Waals surface area contributed by atoms with Crippen LogP contribution in [0.5, 0.6) is 11.5 Å². The molecule has 4 aliphatic rings. The third-order valence-corrected chi connectivity index (χ3v) is 6.58. The molecule has 0 saturated carbocycles. The molecule has 28 heavy (non-hydrogen) atoms. The molecule has 2 fully saturated rings. The highest BCUT2D eigenvalue weighted by atomic mass is 16.5. The third-order valence-electron chi connectivity index (χ3n) is 6.58. The maximum Gasteiger partial charge on any atom is 0.259 e. The van der Waals surface area contributed by atoms with Crippen molar-refractivity contribution in [2.75, 3.05) is 26.8 Å². The van der Waals surface area contributed by atoms with Crippen LogP contribution < -0.4 is 20.1 Å². The number of methoxy groups -OCH3 is 1. The van der Waals surface area contributed by atoms with Gasteiger partial charge in [0.1, 0.15) is 17.5 Å². The Balaban J connectivity index is 1.56. The number of hydrogen-bond donors (Lipinski definition) is 2. The standard InChI is InChI=1S/C20H23N3O5/c1-27-14-8-12-17(28-10-20(12)4-6-21-7-5-20)11-9-23(19(26)16(11)14)13-2-3-15(24)22-18(13)25/h8,13,21H,2-7,9-10H2,1H3,(H,22,24,25)/t13-/m0/s1. The highest BCUT2D eigenvalue weighted by Gasteiger charge is 2.48. The van der Waals surface area contributed by atoms with Gasteiger partial charge in [-0.25, -0.2) is 0 Å². The summed E-state index contributed by atoms with van der Waals surface area (Å²) in [7, 11) is 1.56. The molecule has 0 bridgehead atoms. The zero-order valence-electron chi connectivity index (χ0n) is 15.8. The van der Waals surface area contributed by atoms with E-state index in [-0.39, 0.29) is 23.7 Å². The van der Waals surface area contributed by atoms with Gasteiger partial charge in [-0.3, -0.25) is 19.7 Å². The molecule has 0 unspecified atom stereocenters. The fourth-order valence-electron chi connectivity index (χ4n) is 5.02. The van der Waals surface area contributed by atoms with Gasteiger partial charge in [0.05, 0.1) is 25.8 Å². The summed E-state index contributed by atoms with van der Waals surface area (Å²) in [6, 6.07) is 1.31. The lowest BCUT2D eigenvalue weighted by molar-refractivity contribution is -0.136. The van der Waals surface area contributed by atoms with Crippen molar-refractivity contribution in [3.8, 4) is 11.5 Å². The van der Waals surface area contributed by atoms with Crippen molar-refractivity contribution in [3.63, 3.8) is 0 Å². The first kappa shape index (κ1) is 17.5. The van der Waals surface area contributed by atoms with Crippen molar-refractivity contribution < 1.29 is 23.9 Å². The van der Waals surface area contributed by atoms with Crippen LogP contribution in [0.15, 0.2) is 6.07 Å². The van der Waals surface area contributed by atoms with Gasteiger partial charge in [-0.1, -0.05) is 0 Å². The Bertz CT molecular complexity index is 890. The Morgan fingerprint density at radius 2 is 2.04 bits per heavy atom. The molecule has 5 rings (SSSR count). The third kappa shape index (κ3) is 2.37. The van der Waals surface area contributed by atoms with Crippen molar-refractivity contribution in [1.82, 2.24) is 15.5 Å². The monoisotopic (exact) mass is 385 g/mol. The number of carbonyl (C=O) groups excluding carboxylic acids is 3. The first-order chi connectivity index (χ1) is 13.5. The highest BCUT2D eigenvalue weighted by Crippen LogP contribution is 2.51. The number of fused-ring (bicyclic) bond motifs is 4. The van der Waals surface area contributed by atoms with Gasteiger partial charge >= 0.3 is 0 Å². The number of rotatable bonds is 2. The molecule has 4 heterocycles. The molecular formula is C20H23N3O5. The number of amides is 3. The fraction of sp³-hybridized carbons (Fsp3) is 0.550. The van der Waals surface area contributed by atoms with E-state index in [0.29, 0.717) is 30.9 Å². The van der Waals surface area contributed by atoms with Crippen LogP contribution in [0.2, 0.25) is 0 Å². The van der Waals surface area contributed by atoms with E-state index in [2.05, 4.69) is 10.6 Å². The normalized spacial score (nSPS) is 25.4. The number of carbonyl (C=O) groups is 3. The van der Waals surface area contributed by atoms with Gasteiger partial charge in [-0.2, -0.15) is 0 Å². The molecule has 1 atom stereocenters. The zero-order chi connectivity index (χ0) is 19.5. The summed E-state index contributed by atoms with van der Waals surface area (Å²) < 4.78 is 11.7. The highest BCUT2D eigenvalue weighted by molar-refractivity contribution is 6.07. The summed E-state index contributed by atoms with van der Waals surface area (Å²) in [4.78, 5) is 38.5. The van der Waals surface area contributed by atoms with Gasteiger partial charge in [-0.05, 0) is 38.4 Å². The molecule has 148 valence electrons. The summed E-state index contributed by atoms with van der Waals surface area (Å²) in [6.45, 7) is 2.78. The Labute approximate surface area is 162 Å². The summed E-state index contributed by atoms with van der Waals surface area (Å²) in [5, 5.41) is 5.73. The molecule has 2 N–H and O–H groups in total. The number of nitrogens with one attached hydrogen (secondary N) is 2. The summed E-state index contributed by atoms with van der Waals surface area (Å²) in [6.07, 6.45) is 2.53. The molecule has 2 saturated heterocycles. The molecule has 3 amide bonds. The van der Waals surface area contributed by atoms with E-state index in [0.717, 1.165) is 42.8 Å². The molecular weight excluding hydrogens is 362 g/mol. The van der Waals surface area contributed by atoms with Crippen LogP contribution in [0, 0.1) is 0 Å². The summed E-state index contributed by atoms with van der Waals surface area (Å²) in [5.41, 5.74) is 2.35. The van der Waals surface area contributed by atoms with Gasteiger partial charge in [0, 0.05) is 23.0 Å². The van der Waals surface area contributed by atoms with Gasteiger partial charge in [-0.15, -0.1) is 0 Å². The van der Waals surface area contributed by atoms with E-state index in [4.69, 9.17) is 9.47 Å². The molecule has 1 aromatic rings. The Morgan fingerprint density at radius 3 is 2.75 bits per heavy atom. The number of nitrogens with zero attached hydrogens (tertiary/aromatic N) is 1. The van der Waals surface area contributed by atoms with Gasteiger partial charge in [0.2, 0.25) is 11.8 Å². The maximum atomic E-state index is 13.2. The molecule has 0 radical (unpaired) electrons. The molecule has 0 aliphatic carbocycles. The molecule has 1 aromatic carbocycles. The fourth-order valence-corrected chi connectivity index (χ4v) is 5.02. The lowest BCUT2D eigenvalue weighted by Crippen LogP contribution is -2.52. The van der Waals surface area contributed by atoms with E-state index >= 15 is 0 Å². The van der Waals surface area contributed by atoms with Crippen LogP contribution in [0.1, 0.15) is 47.2 Å². The van der Waals surface area contributed by atoms with Crippen molar-refractivity contribution >= 4 is 17.7 Å². The second-order valence-corrected chi connectivity index (χ2v) is 8.03. The van der Waals surface area contributed by atoms with Crippen molar-refractivity contribution in [3.05, 3.63) is 22.8 Å². The van der Waals surface area contributed by atoms with Crippen LogP contribution in [0.4, 0.5) is 0 Å². The lowest BCUT2D eigenvalue weighted by Gasteiger charge is -2.32. The van der Waals surface area contributed by atoms with Gasteiger partial charge in [0.15, 0.2) is 0 Å². The topological polar surface area (TPSA) is 97.0 Å². The number of imide groups is 1. The maximum absolute atomic E-state index is 13.2. The van der Waals surface area contributed by atoms with E-state index in [1.807, 2.05) is 6.07 Å². The number of benzene rings is 1. The number of piperidine rings is 2. The largest absolute Gasteiger partial charge is 0.496 e. The Morgan fingerprint density at radius 1 is 1.25 bits per heavy atom. The average molecular weight is 385 g/mol. The van der Waals surface area contributed by atoms with Crippen LogP contribution in [0.3, 0.4) is 0 Å². The lowest BCUT2D eigenvalue weighted by atomic mass is 9.74. The smallest absolute Gasteiger partial charge is 0.259 e.